The molecule has 0 bridgehead atoms. The molecule has 2 aromatic rings. The first kappa shape index (κ1) is 14.2. The zero-order chi connectivity index (χ0) is 15.0. The van der Waals surface area contributed by atoms with Gasteiger partial charge < -0.3 is 9.47 Å². The number of para-hydroxylation sites is 1. The Labute approximate surface area is 126 Å². The van der Waals surface area contributed by atoms with Crippen LogP contribution in [0.15, 0.2) is 24.3 Å². The van der Waals surface area contributed by atoms with E-state index in [1.807, 2.05) is 6.07 Å². The third-order valence-electron chi connectivity index (χ3n) is 4.96. The zero-order valence-electron chi connectivity index (χ0n) is 13.2. The van der Waals surface area contributed by atoms with Crippen molar-refractivity contribution in [3.8, 4) is 0 Å². The molecule has 112 valence electrons. The average Bonchev–Trinajstić information content (AvgIpc) is 2.73. The van der Waals surface area contributed by atoms with Gasteiger partial charge in [0.2, 0.25) is 5.91 Å². The molecule has 1 aromatic carbocycles. The number of amides is 1. The Bertz CT molecular complexity index is 671. The van der Waals surface area contributed by atoms with Crippen LogP contribution in [-0.2, 0) is 11.3 Å². The molecule has 0 saturated carbocycles. The van der Waals surface area contributed by atoms with Crippen LogP contribution in [0.3, 0.4) is 0 Å². The standard InChI is InChI=1S/C18H24N2O/c1-13-8-6-7-11-19(13)18(21)12-20-15(3)14(2)16-9-4-5-10-17(16)20/h4-5,9-10,13H,6-8,11-12H2,1-3H3. The van der Waals surface area contributed by atoms with Gasteiger partial charge in [-0.1, -0.05) is 18.2 Å². The molecule has 1 atom stereocenters. The maximum Gasteiger partial charge on any atom is 0.242 e. The lowest BCUT2D eigenvalue weighted by atomic mass is 10.0. The Hall–Kier alpha value is -1.77. The molecule has 21 heavy (non-hydrogen) atoms. The van der Waals surface area contributed by atoms with E-state index in [0.29, 0.717) is 12.6 Å². The Kier molecular flexibility index (Phi) is 3.75. The molecule has 3 heteroatoms. The van der Waals surface area contributed by atoms with Gasteiger partial charge in [0.1, 0.15) is 6.54 Å². The monoisotopic (exact) mass is 284 g/mol. The highest BCUT2D eigenvalue weighted by molar-refractivity contribution is 5.87. The van der Waals surface area contributed by atoms with Crippen LogP contribution in [0.1, 0.15) is 37.4 Å². The predicted molar refractivity (Wildman–Crippen MR) is 86.4 cm³/mol. The second kappa shape index (κ2) is 5.55. The fourth-order valence-electron chi connectivity index (χ4n) is 3.50. The molecule has 0 aliphatic carbocycles. The van der Waals surface area contributed by atoms with E-state index in [1.54, 1.807) is 0 Å². The molecule has 1 saturated heterocycles. The minimum absolute atomic E-state index is 0.256. The number of hydrogen-bond acceptors (Lipinski definition) is 1. The topological polar surface area (TPSA) is 25.2 Å². The van der Waals surface area contributed by atoms with Gasteiger partial charge in [0.15, 0.2) is 0 Å². The SMILES string of the molecule is Cc1c(C)n(CC(=O)N2CCCCC2C)c2ccccc12. The molecule has 1 aromatic heterocycles. The van der Waals surface area contributed by atoms with E-state index in [-0.39, 0.29) is 5.91 Å². The number of hydrogen-bond donors (Lipinski definition) is 0. The number of likely N-dealkylation sites (tertiary alicyclic amines) is 1. The first-order chi connectivity index (χ1) is 10.1. The van der Waals surface area contributed by atoms with Crippen molar-refractivity contribution >= 4 is 16.8 Å². The minimum atomic E-state index is 0.256. The van der Waals surface area contributed by atoms with Crippen molar-refractivity contribution in [3.63, 3.8) is 0 Å². The third kappa shape index (κ3) is 2.45. The molecule has 1 aliphatic rings. The predicted octanol–water partition coefficient (Wildman–Crippen LogP) is 3.66. The number of rotatable bonds is 2. The molecule has 0 N–H and O–H groups in total. The number of carbonyl (C=O) groups excluding carboxylic acids is 1. The lowest BCUT2D eigenvalue weighted by Crippen LogP contribution is -2.43. The van der Waals surface area contributed by atoms with Crippen LogP contribution in [-0.4, -0.2) is 28.0 Å². The lowest BCUT2D eigenvalue weighted by Gasteiger charge is -2.33. The largest absolute Gasteiger partial charge is 0.338 e. The third-order valence-corrected chi connectivity index (χ3v) is 4.96. The van der Waals surface area contributed by atoms with Gasteiger partial charge in [-0.3, -0.25) is 4.79 Å². The Morgan fingerprint density at radius 2 is 2.00 bits per heavy atom. The summed E-state index contributed by atoms with van der Waals surface area (Å²) in [5.74, 6) is 0.256. The summed E-state index contributed by atoms with van der Waals surface area (Å²) in [5, 5.41) is 1.26. The van der Waals surface area contributed by atoms with Crippen molar-refractivity contribution in [1.29, 1.82) is 0 Å². The summed E-state index contributed by atoms with van der Waals surface area (Å²) in [5.41, 5.74) is 3.66. The van der Waals surface area contributed by atoms with Gasteiger partial charge in [0, 0.05) is 29.2 Å². The second-order valence-electron chi connectivity index (χ2n) is 6.25. The van der Waals surface area contributed by atoms with Gasteiger partial charge >= 0.3 is 0 Å². The number of nitrogens with zero attached hydrogens (tertiary/aromatic N) is 2. The van der Waals surface area contributed by atoms with Crippen molar-refractivity contribution < 1.29 is 4.79 Å². The molecule has 1 unspecified atom stereocenters. The van der Waals surface area contributed by atoms with Crippen LogP contribution < -0.4 is 0 Å². The first-order valence-electron chi connectivity index (χ1n) is 7.93. The summed E-state index contributed by atoms with van der Waals surface area (Å²) in [6, 6.07) is 8.75. The van der Waals surface area contributed by atoms with E-state index in [0.717, 1.165) is 19.4 Å². The zero-order valence-corrected chi connectivity index (χ0v) is 13.2. The van der Waals surface area contributed by atoms with Gasteiger partial charge in [-0.05, 0) is 51.7 Å². The van der Waals surface area contributed by atoms with Gasteiger partial charge in [-0.15, -0.1) is 0 Å². The number of benzene rings is 1. The summed E-state index contributed by atoms with van der Waals surface area (Å²) >= 11 is 0. The van der Waals surface area contributed by atoms with E-state index in [4.69, 9.17) is 0 Å². The maximum absolute atomic E-state index is 12.7. The van der Waals surface area contributed by atoms with E-state index >= 15 is 0 Å². The van der Waals surface area contributed by atoms with Gasteiger partial charge in [-0.2, -0.15) is 0 Å². The minimum Gasteiger partial charge on any atom is -0.338 e. The van der Waals surface area contributed by atoms with E-state index in [9.17, 15) is 4.79 Å². The highest BCUT2D eigenvalue weighted by Gasteiger charge is 2.24. The molecule has 3 nitrogen and oxygen atoms in total. The molecule has 3 rings (SSSR count). The van der Waals surface area contributed by atoms with Crippen LogP contribution in [0.5, 0.6) is 0 Å². The maximum atomic E-state index is 12.7. The molecular weight excluding hydrogens is 260 g/mol. The number of carbonyl (C=O) groups is 1. The molecular formula is C18H24N2O. The first-order valence-corrected chi connectivity index (χ1v) is 7.93. The molecule has 1 aliphatic heterocycles. The van der Waals surface area contributed by atoms with Gasteiger partial charge in [-0.25, -0.2) is 0 Å². The summed E-state index contributed by atoms with van der Waals surface area (Å²) < 4.78 is 2.17. The molecule has 1 amide bonds. The highest BCUT2D eigenvalue weighted by atomic mass is 16.2. The molecule has 0 spiro atoms. The Morgan fingerprint density at radius 1 is 1.24 bits per heavy atom. The van der Waals surface area contributed by atoms with E-state index in [1.165, 1.54) is 28.6 Å². The second-order valence-corrected chi connectivity index (χ2v) is 6.25. The number of piperidine rings is 1. The van der Waals surface area contributed by atoms with Crippen LogP contribution in [0.4, 0.5) is 0 Å². The fourth-order valence-corrected chi connectivity index (χ4v) is 3.50. The van der Waals surface area contributed by atoms with E-state index in [2.05, 4.69) is 48.4 Å². The van der Waals surface area contributed by atoms with Crippen molar-refractivity contribution in [2.75, 3.05) is 6.54 Å². The van der Waals surface area contributed by atoms with Crippen molar-refractivity contribution in [2.24, 2.45) is 0 Å². The van der Waals surface area contributed by atoms with Crippen LogP contribution in [0.2, 0.25) is 0 Å². The summed E-state index contributed by atoms with van der Waals surface area (Å²) in [6.45, 7) is 7.80. The average molecular weight is 284 g/mol. The van der Waals surface area contributed by atoms with Gasteiger partial charge in [0.05, 0.1) is 0 Å². The van der Waals surface area contributed by atoms with Crippen molar-refractivity contribution in [2.45, 2.75) is 52.6 Å². The summed E-state index contributed by atoms with van der Waals surface area (Å²) in [6.07, 6.45) is 3.52. The Morgan fingerprint density at radius 3 is 2.76 bits per heavy atom. The molecule has 1 fully saturated rings. The highest BCUT2D eigenvalue weighted by Crippen LogP contribution is 2.25. The van der Waals surface area contributed by atoms with Crippen LogP contribution in [0.25, 0.3) is 10.9 Å². The van der Waals surface area contributed by atoms with Crippen molar-refractivity contribution in [1.82, 2.24) is 9.47 Å². The van der Waals surface area contributed by atoms with Crippen LogP contribution >= 0.6 is 0 Å². The lowest BCUT2D eigenvalue weighted by molar-refractivity contribution is -0.135. The smallest absolute Gasteiger partial charge is 0.242 e. The normalized spacial score (nSPS) is 19.2. The summed E-state index contributed by atoms with van der Waals surface area (Å²) in [7, 11) is 0. The number of aryl methyl sites for hydroxylation is 1. The molecule has 2 heterocycles. The van der Waals surface area contributed by atoms with Crippen molar-refractivity contribution in [3.05, 3.63) is 35.5 Å². The van der Waals surface area contributed by atoms with Crippen LogP contribution in [0, 0.1) is 13.8 Å². The summed E-state index contributed by atoms with van der Waals surface area (Å²) in [4.78, 5) is 14.8. The number of aromatic nitrogens is 1. The quantitative estimate of drug-likeness (QED) is 0.826. The number of fused-ring (bicyclic) bond motifs is 1. The fraction of sp³-hybridized carbons (Fsp3) is 0.500. The molecule has 0 radical (unpaired) electrons. The van der Waals surface area contributed by atoms with E-state index < -0.39 is 0 Å². The van der Waals surface area contributed by atoms with Gasteiger partial charge in [0.25, 0.3) is 0 Å². The Balaban J connectivity index is 1.91.